The van der Waals surface area contributed by atoms with Gasteiger partial charge in [0.1, 0.15) is 5.75 Å². The molecule has 0 aromatic heterocycles. The summed E-state index contributed by atoms with van der Waals surface area (Å²) in [5.74, 6) is 0.0769. The van der Waals surface area contributed by atoms with Gasteiger partial charge in [0, 0.05) is 58.9 Å². The van der Waals surface area contributed by atoms with E-state index in [1.165, 1.54) is 5.56 Å². The summed E-state index contributed by atoms with van der Waals surface area (Å²) in [6, 6.07) is 18.2. The molecule has 2 aliphatic rings. The summed E-state index contributed by atoms with van der Waals surface area (Å²) in [4.78, 5) is 33.5. The van der Waals surface area contributed by atoms with Crippen molar-refractivity contribution in [3.8, 4) is 5.75 Å². The van der Waals surface area contributed by atoms with Crippen LogP contribution < -0.4 is 9.64 Å². The van der Waals surface area contributed by atoms with Crippen molar-refractivity contribution in [1.82, 2.24) is 14.7 Å². The second kappa shape index (κ2) is 9.83. The molecule has 0 saturated carbocycles. The average Bonchev–Trinajstić information content (AvgIpc) is 2.84. The number of carbonyl (C=O) groups excluding carboxylic acids is 2. The van der Waals surface area contributed by atoms with Gasteiger partial charge in [-0.1, -0.05) is 42.5 Å². The van der Waals surface area contributed by atoms with Crippen LogP contribution in [0.15, 0.2) is 54.6 Å². The quantitative estimate of drug-likeness (QED) is 0.702. The molecule has 0 spiro atoms. The number of nitrogens with zero attached hydrogens (tertiary/aromatic N) is 4. The van der Waals surface area contributed by atoms with E-state index < -0.39 is 0 Å². The summed E-state index contributed by atoms with van der Waals surface area (Å²) in [6.07, 6.45) is 0. The predicted octanol–water partition coefficient (Wildman–Crippen LogP) is 1.69. The highest BCUT2D eigenvalue weighted by Gasteiger charge is 2.31. The number of benzene rings is 2. The Morgan fingerprint density at radius 3 is 1.90 bits per heavy atom. The first-order valence-corrected chi connectivity index (χ1v) is 10.9. The standard InChI is InChI=1S/C24H30N4O3/c1-31-22-10-6-5-9-21(22)26-15-17-28(18-16-26)24(30)23(29)27-13-11-25(12-14-27)19-20-7-3-2-4-8-20/h2-10H,11-19H2,1H3. The number of methoxy groups -OCH3 is 1. The molecule has 0 radical (unpaired) electrons. The van der Waals surface area contributed by atoms with E-state index in [9.17, 15) is 9.59 Å². The maximum Gasteiger partial charge on any atom is 0.312 e. The Balaban J connectivity index is 1.26. The van der Waals surface area contributed by atoms with Gasteiger partial charge in [-0.05, 0) is 17.7 Å². The lowest BCUT2D eigenvalue weighted by atomic mass is 10.2. The number of amides is 2. The number of hydrogen-bond donors (Lipinski definition) is 0. The van der Waals surface area contributed by atoms with Crippen molar-refractivity contribution in [2.45, 2.75) is 6.54 Å². The number of anilines is 1. The van der Waals surface area contributed by atoms with Crippen LogP contribution in [-0.2, 0) is 16.1 Å². The maximum atomic E-state index is 12.8. The van der Waals surface area contributed by atoms with Crippen LogP contribution in [0, 0.1) is 0 Å². The largest absolute Gasteiger partial charge is 0.495 e. The number of rotatable bonds is 4. The zero-order valence-corrected chi connectivity index (χ0v) is 18.1. The third-order valence-electron chi connectivity index (χ3n) is 6.08. The molecule has 2 aromatic rings. The highest BCUT2D eigenvalue weighted by molar-refractivity contribution is 6.35. The van der Waals surface area contributed by atoms with E-state index in [0.29, 0.717) is 39.3 Å². The van der Waals surface area contributed by atoms with Crippen LogP contribution in [0.1, 0.15) is 5.56 Å². The molecule has 7 heteroatoms. The van der Waals surface area contributed by atoms with Crippen LogP contribution in [-0.4, -0.2) is 86.0 Å². The fourth-order valence-corrected chi connectivity index (χ4v) is 4.26. The van der Waals surface area contributed by atoms with Crippen molar-refractivity contribution in [1.29, 1.82) is 0 Å². The van der Waals surface area contributed by atoms with Crippen LogP contribution >= 0.6 is 0 Å². The highest BCUT2D eigenvalue weighted by atomic mass is 16.5. The number of carbonyl (C=O) groups is 2. The number of para-hydroxylation sites is 2. The van der Waals surface area contributed by atoms with Crippen molar-refractivity contribution in [2.75, 3.05) is 64.4 Å². The Hall–Kier alpha value is -3.06. The van der Waals surface area contributed by atoms with Gasteiger partial charge in [-0.15, -0.1) is 0 Å². The Morgan fingerprint density at radius 2 is 1.29 bits per heavy atom. The van der Waals surface area contributed by atoms with Crippen molar-refractivity contribution in [2.24, 2.45) is 0 Å². The minimum absolute atomic E-state index is 0.370. The molecule has 2 fully saturated rings. The fourth-order valence-electron chi connectivity index (χ4n) is 4.26. The molecule has 0 unspecified atom stereocenters. The van der Waals surface area contributed by atoms with Gasteiger partial charge in [0.05, 0.1) is 12.8 Å². The molecule has 2 saturated heterocycles. The molecular weight excluding hydrogens is 392 g/mol. The van der Waals surface area contributed by atoms with E-state index in [2.05, 4.69) is 21.9 Å². The van der Waals surface area contributed by atoms with Gasteiger partial charge in [-0.2, -0.15) is 0 Å². The summed E-state index contributed by atoms with van der Waals surface area (Å²) >= 11 is 0. The maximum absolute atomic E-state index is 12.8. The Bertz CT molecular complexity index is 889. The third kappa shape index (κ3) is 4.99. The van der Waals surface area contributed by atoms with Crippen LogP contribution in [0.3, 0.4) is 0 Å². The van der Waals surface area contributed by atoms with Crippen molar-refractivity contribution in [3.63, 3.8) is 0 Å². The predicted molar refractivity (Wildman–Crippen MR) is 120 cm³/mol. The zero-order valence-electron chi connectivity index (χ0n) is 18.1. The van der Waals surface area contributed by atoms with Crippen LogP contribution in [0.2, 0.25) is 0 Å². The minimum Gasteiger partial charge on any atom is -0.495 e. The first-order valence-electron chi connectivity index (χ1n) is 10.9. The summed E-state index contributed by atoms with van der Waals surface area (Å²) in [5.41, 5.74) is 2.30. The Labute approximate surface area is 183 Å². The second-order valence-corrected chi connectivity index (χ2v) is 8.01. The second-order valence-electron chi connectivity index (χ2n) is 8.01. The smallest absolute Gasteiger partial charge is 0.312 e. The summed E-state index contributed by atoms with van der Waals surface area (Å²) in [6.45, 7) is 6.09. The lowest BCUT2D eigenvalue weighted by molar-refractivity contribution is -0.153. The van der Waals surface area contributed by atoms with E-state index >= 15 is 0 Å². The lowest BCUT2D eigenvalue weighted by Crippen LogP contribution is -2.56. The molecule has 0 N–H and O–H groups in total. The van der Waals surface area contributed by atoms with Gasteiger partial charge in [0.2, 0.25) is 0 Å². The highest BCUT2D eigenvalue weighted by Crippen LogP contribution is 2.28. The van der Waals surface area contributed by atoms with Gasteiger partial charge in [0.25, 0.3) is 0 Å². The summed E-state index contributed by atoms with van der Waals surface area (Å²) in [7, 11) is 1.66. The molecule has 4 rings (SSSR count). The Morgan fingerprint density at radius 1 is 0.742 bits per heavy atom. The number of ether oxygens (including phenoxy) is 1. The molecular formula is C24H30N4O3. The van der Waals surface area contributed by atoms with Gasteiger partial charge < -0.3 is 19.4 Å². The van der Waals surface area contributed by atoms with Gasteiger partial charge in [-0.25, -0.2) is 0 Å². The first-order chi connectivity index (χ1) is 15.2. The molecule has 0 bridgehead atoms. The van der Waals surface area contributed by atoms with Crippen LogP contribution in [0.4, 0.5) is 5.69 Å². The van der Waals surface area contributed by atoms with E-state index in [1.54, 1.807) is 16.9 Å². The molecule has 164 valence electrons. The molecule has 31 heavy (non-hydrogen) atoms. The SMILES string of the molecule is COc1ccccc1N1CCN(C(=O)C(=O)N2CCN(Cc3ccccc3)CC2)CC1. The van der Waals surface area contributed by atoms with E-state index in [1.807, 2.05) is 42.5 Å². The minimum atomic E-state index is -0.379. The molecule has 2 amide bonds. The fraction of sp³-hybridized carbons (Fsp3) is 0.417. The molecule has 0 atom stereocenters. The molecule has 0 aliphatic carbocycles. The summed E-state index contributed by atoms with van der Waals surface area (Å²) < 4.78 is 5.45. The van der Waals surface area contributed by atoms with E-state index in [-0.39, 0.29) is 11.8 Å². The Kier molecular flexibility index (Phi) is 6.72. The lowest BCUT2D eigenvalue weighted by Gasteiger charge is -2.38. The van der Waals surface area contributed by atoms with Gasteiger partial charge in [-0.3, -0.25) is 14.5 Å². The number of hydrogen-bond acceptors (Lipinski definition) is 5. The van der Waals surface area contributed by atoms with Crippen LogP contribution in [0.5, 0.6) is 5.75 Å². The van der Waals surface area contributed by atoms with E-state index in [0.717, 1.165) is 31.1 Å². The van der Waals surface area contributed by atoms with Crippen LogP contribution in [0.25, 0.3) is 0 Å². The monoisotopic (exact) mass is 422 g/mol. The first kappa shape index (κ1) is 21.2. The normalized spacial score (nSPS) is 17.5. The average molecular weight is 423 g/mol. The van der Waals surface area contributed by atoms with Gasteiger partial charge >= 0.3 is 11.8 Å². The molecule has 2 aliphatic heterocycles. The van der Waals surface area contributed by atoms with E-state index in [4.69, 9.17) is 4.74 Å². The third-order valence-corrected chi connectivity index (χ3v) is 6.08. The van der Waals surface area contributed by atoms with Crippen molar-refractivity contribution >= 4 is 17.5 Å². The van der Waals surface area contributed by atoms with Crippen molar-refractivity contribution in [3.05, 3.63) is 60.2 Å². The van der Waals surface area contributed by atoms with Gasteiger partial charge in [0.15, 0.2) is 0 Å². The zero-order chi connectivity index (χ0) is 21.6. The summed E-state index contributed by atoms with van der Waals surface area (Å²) in [5, 5.41) is 0. The number of piperazine rings is 2. The molecule has 7 nitrogen and oxygen atoms in total. The molecule has 2 heterocycles. The topological polar surface area (TPSA) is 56.3 Å². The van der Waals surface area contributed by atoms with Crippen molar-refractivity contribution < 1.29 is 14.3 Å². The molecule has 2 aromatic carbocycles.